The van der Waals surface area contributed by atoms with Gasteiger partial charge in [0.05, 0.1) is 6.54 Å². The van der Waals surface area contributed by atoms with Crippen LogP contribution >= 0.6 is 0 Å². The zero-order valence-corrected chi connectivity index (χ0v) is 14.2. The van der Waals surface area contributed by atoms with Gasteiger partial charge in [-0.1, -0.05) is 27.2 Å². The molecule has 2 unspecified atom stereocenters. The van der Waals surface area contributed by atoms with E-state index in [4.69, 9.17) is 0 Å². The van der Waals surface area contributed by atoms with Gasteiger partial charge in [-0.2, -0.15) is 0 Å². The van der Waals surface area contributed by atoms with Gasteiger partial charge in [-0.05, 0) is 57.8 Å². The Kier molecular flexibility index (Phi) is 5.65. The van der Waals surface area contributed by atoms with E-state index < -0.39 is 5.97 Å². The first-order valence-corrected chi connectivity index (χ1v) is 8.00. The fourth-order valence-electron chi connectivity index (χ4n) is 3.52. The van der Waals surface area contributed by atoms with Crippen molar-refractivity contribution in [2.24, 2.45) is 11.3 Å². The summed E-state index contributed by atoms with van der Waals surface area (Å²) in [5.41, 5.74) is 0.291. The predicted molar refractivity (Wildman–Crippen MR) is 83.9 cm³/mol. The second-order valence-corrected chi connectivity index (χ2v) is 8.42. The van der Waals surface area contributed by atoms with E-state index in [1.54, 1.807) is 0 Å². The highest BCUT2D eigenvalue weighted by Gasteiger charge is 2.34. The molecule has 3 heteroatoms. The molecular weight excluding hydrogens is 250 g/mol. The molecule has 1 saturated carbocycles. The molecule has 0 saturated heterocycles. The van der Waals surface area contributed by atoms with Gasteiger partial charge in [0.1, 0.15) is 0 Å². The van der Waals surface area contributed by atoms with Gasteiger partial charge in [0.2, 0.25) is 0 Å². The van der Waals surface area contributed by atoms with Crippen LogP contribution in [0.3, 0.4) is 0 Å². The van der Waals surface area contributed by atoms with Gasteiger partial charge in [-0.15, -0.1) is 0 Å². The van der Waals surface area contributed by atoms with Crippen LogP contribution in [0.15, 0.2) is 0 Å². The summed E-state index contributed by atoms with van der Waals surface area (Å²) in [5.74, 6) is 0.0516. The highest BCUT2D eigenvalue weighted by molar-refractivity contribution is 5.69. The molecule has 1 N–H and O–H groups in total. The largest absolute Gasteiger partial charge is 0.480 e. The number of carboxylic acid groups (broad SMARTS) is 1. The van der Waals surface area contributed by atoms with Crippen molar-refractivity contribution in [2.45, 2.75) is 85.2 Å². The summed E-state index contributed by atoms with van der Waals surface area (Å²) < 4.78 is 0. The van der Waals surface area contributed by atoms with Crippen LogP contribution in [0.5, 0.6) is 0 Å². The lowest BCUT2D eigenvalue weighted by molar-refractivity contribution is -0.140. The van der Waals surface area contributed by atoms with E-state index in [2.05, 4.69) is 46.4 Å². The second-order valence-electron chi connectivity index (χ2n) is 8.42. The van der Waals surface area contributed by atoms with Crippen molar-refractivity contribution in [1.82, 2.24) is 4.90 Å². The molecule has 0 aromatic carbocycles. The molecule has 20 heavy (non-hydrogen) atoms. The van der Waals surface area contributed by atoms with Gasteiger partial charge in [0, 0.05) is 11.6 Å². The molecule has 1 aliphatic carbocycles. The summed E-state index contributed by atoms with van der Waals surface area (Å²) in [6, 6.07) is 0.415. The maximum Gasteiger partial charge on any atom is 0.317 e. The highest BCUT2D eigenvalue weighted by Crippen LogP contribution is 2.38. The first-order chi connectivity index (χ1) is 9.01. The quantitative estimate of drug-likeness (QED) is 0.790. The van der Waals surface area contributed by atoms with Gasteiger partial charge in [0.15, 0.2) is 0 Å². The fourth-order valence-corrected chi connectivity index (χ4v) is 3.52. The number of nitrogens with zero attached hydrogens (tertiary/aromatic N) is 1. The van der Waals surface area contributed by atoms with E-state index >= 15 is 0 Å². The van der Waals surface area contributed by atoms with Crippen LogP contribution in [0, 0.1) is 11.3 Å². The van der Waals surface area contributed by atoms with Crippen LogP contribution in [0.25, 0.3) is 0 Å². The van der Waals surface area contributed by atoms with Crippen LogP contribution < -0.4 is 0 Å². The van der Waals surface area contributed by atoms with Crippen LogP contribution in [-0.4, -0.2) is 34.1 Å². The summed E-state index contributed by atoms with van der Waals surface area (Å²) in [5, 5.41) is 9.19. The fraction of sp³-hybridized carbons (Fsp3) is 0.941. The summed E-state index contributed by atoms with van der Waals surface area (Å²) in [4.78, 5) is 13.4. The van der Waals surface area contributed by atoms with E-state index in [1.165, 1.54) is 19.3 Å². The third-order valence-corrected chi connectivity index (χ3v) is 4.77. The Bertz CT molecular complexity index is 325. The Morgan fingerprint density at radius 3 is 2.10 bits per heavy atom. The summed E-state index contributed by atoms with van der Waals surface area (Å²) in [7, 11) is 0. The molecule has 0 aromatic rings. The Morgan fingerprint density at radius 2 is 1.65 bits per heavy atom. The average molecular weight is 283 g/mol. The minimum Gasteiger partial charge on any atom is -0.480 e. The Balaban J connectivity index is 2.76. The minimum absolute atomic E-state index is 0.0787. The van der Waals surface area contributed by atoms with Gasteiger partial charge >= 0.3 is 5.97 Å². The number of carboxylic acids is 1. The predicted octanol–water partition coefficient (Wildman–Crippen LogP) is 4.17. The first kappa shape index (κ1) is 17.5. The van der Waals surface area contributed by atoms with Crippen molar-refractivity contribution in [3.8, 4) is 0 Å². The zero-order valence-electron chi connectivity index (χ0n) is 14.2. The van der Waals surface area contributed by atoms with Gasteiger partial charge < -0.3 is 5.11 Å². The third kappa shape index (κ3) is 5.08. The van der Waals surface area contributed by atoms with Crippen molar-refractivity contribution in [3.05, 3.63) is 0 Å². The standard InChI is InChI=1S/C17H33NO2/c1-16(2,3)13-8-7-9-14(11-10-13)18(12-15(19)20)17(4,5)6/h13-14H,7-12H2,1-6H3,(H,19,20). The molecule has 0 aromatic heterocycles. The molecule has 0 heterocycles. The normalized spacial score (nSPS) is 25.6. The SMILES string of the molecule is CC(C)(C)C1CCCC(N(CC(=O)O)C(C)(C)C)CC1. The molecule has 0 amide bonds. The molecule has 0 spiro atoms. The van der Waals surface area contributed by atoms with Crippen molar-refractivity contribution >= 4 is 5.97 Å². The molecule has 0 bridgehead atoms. The Morgan fingerprint density at radius 1 is 1.05 bits per heavy atom. The highest BCUT2D eigenvalue weighted by atomic mass is 16.4. The third-order valence-electron chi connectivity index (χ3n) is 4.77. The van der Waals surface area contributed by atoms with Crippen LogP contribution in [-0.2, 0) is 4.79 Å². The smallest absolute Gasteiger partial charge is 0.317 e. The molecule has 0 aliphatic heterocycles. The molecule has 118 valence electrons. The first-order valence-electron chi connectivity index (χ1n) is 8.00. The number of hydrogen-bond acceptors (Lipinski definition) is 2. The molecule has 1 aliphatic rings. The Labute approximate surface area is 124 Å². The molecule has 2 atom stereocenters. The molecule has 1 fully saturated rings. The number of aliphatic carboxylic acids is 1. The van der Waals surface area contributed by atoms with E-state index in [1.807, 2.05) is 0 Å². The molecule has 1 rings (SSSR count). The number of rotatable bonds is 3. The topological polar surface area (TPSA) is 40.5 Å². The minimum atomic E-state index is -0.712. The van der Waals surface area contributed by atoms with Gasteiger partial charge in [-0.25, -0.2) is 0 Å². The summed E-state index contributed by atoms with van der Waals surface area (Å²) >= 11 is 0. The number of carbonyl (C=O) groups is 1. The summed E-state index contributed by atoms with van der Waals surface area (Å²) in [6.07, 6.45) is 5.99. The van der Waals surface area contributed by atoms with Crippen molar-refractivity contribution in [3.63, 3.8) is 0 Å². The monoisotopic (exact) mass is 283 g/mol. The molecular formula is C17H33NO2. The van der Waals surface area contributed by atoms with Crippen molar-refractivity contribution in [2.75, 3.05) is 6.54 Å². The maximum atomic E-state index is 11.2. The Hall–Kier alpha value is -0.570. The van der Waals surface area contributed by atoms with Crippen LogP contribution in [0.4, 0.5) is 0 Å². The number of hydrogen-bond donors (Lipinski definition) is 1. The van der Waals surface area contributed by atoms with Crippen molar-refractivity contribution < 1.29 is 9.90 Å². The van der Waals surface area contributed by atoms with Gasteiger partial charge in [-0.3, -0.25) is 9.69 Å². The zero-order chi connectivity index (χ0) is 15.6. The van der Waals surface area contributed by atoms with E-state index in [-0.39, 0.29) is 12.1 Å². The van der Waals surface area contributed by atoms with Crippen LogP contribution in [0.1, 0.15) is 73.6 Å². The second kappa shape index (κ2) is 6.46. The van der Waals surface area contributed by atoms with E-state index in [0.29, 0.717) is 11.5 Å². The molecule has 0 radical (unpaired) electrons. The van der Waals surface area contributed by atoms with Crippen LogP contribution in [0.2, 0.25) is 0 Å². The van der Waals surface area contributed by atoms with E-state index in [9.17, 15) is 9.90 Å². The van der Waals surface area contributed by atoms with E-state index in [0.717, 1.165) is 18.8 Å². The summed E-state index contributed by atoms with van der Waals surface area (Å²) in [6.45, 7) is 13.5. The lowest BCUT2D eigenvalue weighted by Gasteiger charge is -2.40. The van der Waals surface area contributed by atoms with Crippen molar-refractivity contribution in [1.29, 1.82) is 0 Å². The maximum absolute atomic E-state index is 11.2. The lowest BCUT2D eigenvalue weighted by atomic mass is 9.76. The van der Waals surface area contributed by atoms with Gasteiger partial charge in [0.25, 0.3) is 0 Å². The lowest BCUT2D eigenvalue weighted by Crippen LogP contribution is -2.50. The molecule has 3 nitrogen and oxygen atoms in total. The average Bonchev–Trinajstić information content (AvgIpc) is 2.48.